The van der Waals surface area contributed by atoms with Gasteiger partial charge in [-0.05, 0) is 48.3 Å². The van der Waals surface area contributed by atoms with Gasteiger partial charge in [-0.3, -0.25) is 0 Å². The standard InChI is InChI=1S/C16H19NS/c1-12(16-6-3-9-18-16)17-11-13-4-2-5-15(10-13)14-7-8-14/h2-6,9-10,12,14,17H,7-8,11H2,1H3. The third-order valence-corrected chi connectivity index (χ3v) is 4.64. The fourth-order valence-corrected chi connectivity index (χ4v) is 3.04. The number of nitrogens with one attached hydrogen (secondary N) is 1. The molecule has 2 heteroatoms. The lowest BCUT2D eigenvalue weighted by molar-refractivity contribution is 0.582. The third kappa shape index (κ3) is 2.82. The van der Waals surface area contributed by atoms with Crippen LogP contribution < -0.4 is 5.32 Å². The molecular formula is C16H19NS. The average Bonchev–Trinajstić information content (AvgIpc) is 3.11. The monoisotopic (exact) mass is 257 g/mol. The van der Waals surface area contributed by atoms with E-state index in [2.05, 4.69) is 54.0 Å². The topological polar surface area (TPSA) is 12.0 Å². The van der Waals surface area contributed by atoms with Crippen LogP contribution >= 0.6 is 11.3 Å². The Morgan fingerprint density at radius 1 is 1.28 bits per heavy atom. The molecule has 94 valence electrons. The van der Waals surface area contributed by atoms with Crippen molar-refractivity contribution in [3.8, 4) is 0 Å². The van der Waals surface area contributed by atoms with Crippen LogP contribution in [0.2, 0.25) is 0 Å². The first-order chi connectivity index (χ1) is 8.83. The van der Waals surface area contributed by atoms with Gasteiger partial charge in [-0.2, -0.15) is 0 Å². The van der Waals surface area contributed by atoms with Crippen molar-refractivity contribution in [3.05, 3.63) is 57.8 Å². The fraction of sp³-hybridized carbons (Fsp3) is 0.375. The minimum absolute atomic E-state index is 0.439. The van der Waals surface area contributed by atoms with E-state index < -0.39 is 0 Å². The van der Waals surface area contributed by atoms with Crippen molar-refractivity contribution in [2.75, 3.05) is 0 Å². The molecule has 1 saturated carbocycles. The van der Waals surface area contributed by atoms with Gasteiger partial charge in [0.15, 0.2) is 0 Å². The fourth-order valence-electron chi connectivity index (χ4n) is 2.28. The Labute approximate surface area is 113 Å². The zero-order chi connectivity index (χ0) is 12.4. The second-order valence-corrected chi connectivity index (χ2v) is 6.12. The molecule has 1 unspecified atom stereocenters. The molecule has 1 aromatic heterocycles. The molecule has 0 bridgehead atoms. The Morgan fingerprint density at radius 3 is 2.89 bits per heavy atom. The minimum Gasteiger partial charge on any atom is -0.305 e. The van der Waals surface area contributed by atoms with Gasteiger partial charge < -0.3 is 5.32 Å². The van der Waals surface area contributed by atoms with Gasteiger partial charge in [-0.1, -0.05) is 30.3 Å². The molecule has 3 rings (SSSR count). The van der Waals surface area contributed by atoms with E-state index in [0.29, 0.717) is 6.04 Å². The molecule has 1 nitrogen and oxygen atoms in total. The zero-order valence-electron chi connectivity index (χ0n) is 10.7. The Balaban J connectivity index is 1.60. The molecule has 1 aliphatic rings. The summed E-state index contributed by atoms with van der Waals surface area (Å²) in [7, 11) is 0. The van der Waals surface area contributed by atoms with Gasteiger partial charge in [-0.25, -0.2) is 0 Å². The average molecular weight is 257 g/mol. The zero-order valence-corrected chi connectivity index (χ0v) is 11.5. The quantitative estimate of drug-likeness (QED) is 0.833. The van der Waals surface area contributed by atoms with Gasteiger partial charge in [0.25, 0.3) is 0 Å². The molecular weight excluding hydrogens is 238 g/mol. The predicted octanol–water partition coefficient (Wildman–Crippen LogP) is 4.48. The van der Waals surface area contributed by atoms with Crippen molar-refractivity contribution in [2.45, 2.75) is 38.3 Å². The minimum atomic E-state index is 0.439. The highest BCUT2D eigenvalue weighted by molar-refractivity contribution is 7.10. The first-order valence-corrected chi connectivity index (χ1v) is 7.56. The van der Waals surface area contributed by atoms with Crippen LogP contribution in [0.25, 0.3) is 0 Å². The van der Waals surface area contributed by atoms with Gasteiger partial charge in [0, 0.05) is 17.5 Å². The summed E-state index contributed by atoms with van der Waals surface area (Å²) < 4.78 is 0. The summed E-state index contributed by atoms with van der Waals surface area (Å²) in [6.07, 6.45) is 2.75. The van der Waals surface area contributed by atoms with Crippen LogP contribution in [0.5, 0.6) is 0 Å². The molecule has 0 radical (unpaired) electrons. The molecule has 0 aliphatic heterocycles. The Morgan fingerprint density at radius 2 is 2.17 bits per heavy atom. The van der Waals surface area contributed by atoms with Crippen LogP contribution in [-0.2, 0) is 6.54 Å². The molecule has 1 fully saturated rings. The maximum Gasteiger partial charge on any atom is 0.0388 e. The second kappa shape index (κ2) is 5.25. The van der Waals surface area contributed by atoms with Crippen molar-refractivity contribution >= 4 is 11.3 Å². The number of benzene rings is 1. The van der Waals surface area contributed by atoms with E-state index in [4.69, 9.17) is 0 Å². The maximum absolute atomic E-state index is 3.60. The highest BCUT2D eigenvalue weighted by Crippen LogP contribution is 2.40. The van der Waals surface area contributed by atoms with Gasteiger partial charge in [0.05, 0.1) is 0 Å². The summed E-state index contributed by atoms with van der Waals surface area (Å²) in [4.78, 5) is 1.41. The first kappa shape index (κ1) is 11.9. The normalized spacial score (nSPS) is 16.7. The SMILES string of the molecule is CC(NCc1cccc(C2CC2)c1)c1cccs1. The molecule has 1 heterocycles. The van der Waals surface area contributed by atoms with Crippen molar-refractivity contribution < 1.29 is 0 Å². The molecule has 0 spiro atoms. The largest absolute Gasteiger partial charge is 0.305 e. The van der Waals surface area contributed by atoms with E-state index in [9.17, 15) is 0 Å². The van der Waals surface area contributed by atoms with Gasteiger partial charge in [0.1, 0.15) is 0 Å². The molecule has 0 saturated heterocycles. The van der Waals surface area contributed by atoms with Crippen molar-refractivity contribution in [2.24, 2.45) is 0 Å². The van der Waals surface area contributed by atoms with Crippen LogP contribution in [0.3, 0.4) is 0 Å². The highest BCUT2D eigenvalue weighted by atomic mass is 32.1. The van der Waals surface area contributed by atoms with E-state index in [1.807, 2.05) is 11.3 Å². The first-order valence-electron chi connectivity index (χ1n) is 6.68. The molecule has 2 aromatic rings. The summed E-state index contributed by atoms with van der Waals surface area (Å²) >= 11 is 1.82. The molecule has 0 amide bonds. The van der Waals surface area contributed by atoms with E-state index in [0.717, 1.165) is 12.5 Å². The molecule has 1 N–H and O–H groups in total. The number of hydrogen-bond acceptors (Lipinski definition) is 2. The number of hydrogen-bond donors (Lipinski definition) is 1. The summed E-state index contributed by atoms with van der Waals surface area (Å²) in [6, 6.07) is 13.8. The molecule has 1 atom stereocenters. The lowest BCUT2D eigenvalue weighted by atomic mass is 10.1. The van der Waals surface area contributed by atoms with Crippen molar-refractivity contribution in [3.63, 3.8) is 0 Å². The summed E-state index contributed by atoms with van der Waals surface area (Å²) in [5.74, 6) is 0.847. The van der Waals surface area contributed by atoms with Crippen LogP contribution in [0, 0.1) is 0 Å². The maximum atomic E-state index is 3.60. The van der Waals surface area contributed by atoms with Crippen LogP contribution in [0.4, 0.5) is 0 Å². The lowest BCUT2D eigenvalue weighted by Crippen LogP contribution is -2.17. The molecule has 1 aromatic carbocycles. The smallest absolute Gasteiger partial charge is 0.0388 e. The van der Waals surface area contributed by atoms with Gasteiger partial charge >= 0.3 is 0 Å². The Kier molecular flexibility index (Phi) is 3.48. The lowest BCUT2D eigenvalue weighted by Gasteiger charge is -2.12. The van der Waals surface area contributed by atoms with E-state index in [1.54, 1.807) is 0 Å². The highest BCUT2D eigenvalue weighted by Gasteiger charge is 2.23. The van der Waals surface area contributed by atoms with E-state index in [-0.39, 0.29) is 0 Å². The third-order valence-electron chi connectivity index (χ3n) is 3.58. The van der Waals surface area contributed by atoms with Crippen molar-refractivity contribution in [1.29, 1.82) is 0 Å². The number of thiophene rings is 1. The van der Waals surface area contributed by atoms with Gasteiger partial charge in [0.2, 0.25) is 0 Å². The second-order valence-electron chi connectivity index (χ2n) is 5.14. The van der Waals surface area contributed by atoms with Gasteiger partial charge in [-0.15, -0.1) is 11.3 Å². The summed E-state index contributed by atoms with van der Waals surface area (Å²) in [5.41, 5.74) is 2.93. The van der Waals surface area contributed by atoms with Crippen LogP contribution in [-0.4, -0.2) is 0 Å². The predicted molar refractivity (Wildman–Crippen MR) is 78.0 cm³/mol. The van der Waals surface area contributed by atoms with Crippen molar-refractivity contribution in [1.82, 2.24) is 5.32 Å². The van der Waals surface area contributed by atoms with E-state index in [1.165, 1.54) is 28.8 Å². The van der Waals surface area contributed by atoms with E-state index >= 15 is 0 Å². The molecule has 1 aliphatic carbocycles. The Hall–Kier alpha value is -1.12. The summed E-state index contributed by atoms with van der Waals surface area (Å²) in [6.45, 7) is 3.19. The Bertz CT molecular complexity index is 500. The van der Waals surface area contributed by atoms with Crippen LogP contribution in [0.15, 0.2) is 41.8 Å². The summed E-state index contributed by atoms with van der Waals surface area (Å²) in [5, 5.41) is 5.74. The number of rotatable bonds is 5. The molecule has 18 heavy (non-hydrogen) atoms. The van der Waals surface area contributed by atoms with Crippen LogP contribution in [0.1, 0.15) is 47.7 Å².